The number of methoxy groups -OCH3 is 2. The van der Waals surface area contributed by atoms with E-state index in [0.29, 0.717) is 31.0 Å². The number of rotatable bonds is 10. The number of hydrogen-bond donors (Lipinski definition) is 1. The molecule has 2 amide bonds. The van der Waals surface area contributed by atoms with Gasteiger partial charge in [0.25, 0.3) is 0 Å². The van der Waals surface area contributed by atoms with Crippen LogP contribution in [0, 0.1) is 0 Å². The summed E-state index contributed by atoms with van der Waals surface area (Å²) in [5, 5.41) is 2.67. The molecule has 134 valence electrons. The van der Waals surface area contributed by atoms with E-state index < -0.39 is 6.04 Å². The number of amides is 2. The van der Waals surface area contributed by atoms with Gasteiger partial charge in [-0.25, -0.2) is 0 Å². The van der Waals surface area contributed by atoms with Gasteiger partial charge >= 0.3 is 0 Å². The zero-order valence-corrected chi connectivity index (χ0v) is 15.1. The first kappa shape index (κ1) is 20.3. The lowest BCUT2D eigenvalue weighted by Gasteiger charge is -2.27. The van der Waals surface area contributed by atoms with E-state index in [1.165, 1.54) is 7.85 Å². The maximum absolute atomic E-state index is 12.8. The quantitative estimate of drug-likeness (QED) is 0.516. The van der Waals surface area contributed by atoms with E-state index in [2.05, 4.69) is 18.5 Å². The lowest BCUT2D eigenvalue weighted by atomic mass is 10.1. The molecule has 1 unspecified atom stereocenters. The van der Waals surface area contributed by atoms with Crippen molar-refractivity contribution in [2.75, 3.05) is 20.8 Å². The van der Waals surface area contributed by atoms with Gasteiger partial charge in [0.2, 0.25) is 13.8 Å². The van der Waals surface area contributed by atoms with Crippen LogP contribution in [0.15, 0.2) is 43.5 Å². The molecule has 1 aromatic carbocycles. The van der Waals surface area contributed by atoms with Crippen molar-refractivity contribution in [3.8, 4) is 11.5 Å². The number of hydrogen-bond acceptors (Lipinski definition) is 4. The van der Waals surface area contributed by atoms with Gasteiger partial charge in [-0.3, -0.25) is 9.59 Å². The van der Waals surface area contributed by atoms with Gasteiger partial charge in [-0.2, -0.15) is 0 Å². The van der Waals surface area contributed by atoms with E-state index in [1.807, 2.05) is 12.1 Å². The average Bonchev–Trinajstić information content (AvgIpc) is 2.60. The van der Waals surface area contributed by atoms with Crippen LogP contribution < -0.4 is 14.8 Å². The monoisotopic (exact) mass is 344 g/mol. The molecule has 7 heteroatoms. The summed E-state index contributed by atoms with van der Waals surface area (Å²) < 4.78 is 10.6. The first-order chi connectivity index (χ1) is 12.0. The zero-order chi connectivity index (χ0) is 18.8. The van der Waals surface area contributed by atoms with Crippen molar-refractivity contribution in [1.82, 2.24) is 10.2 Å². The largest absolute Gasteiger partial charge is 0.497 e. The fourth-order valence-electron chi connectivity index (χ4n) is 2.43. The molecule has 0 radical (unpaired) electrons. The lowest BCUT2D eigenvalue weighted by Crippen LogP contribution is -2.48. The van der Waals surface area contributed by atoms with Crippen molar-refractivity contribution < 1.29 is 19.1 Å². The molecule has 0 saturated carbocycles. The second-order valence-electron chi connectivity index (χ2n) is 5.46. The summed E-state index contributed by atoms with van der Waals surface area (Å²) in [5.74, 6) is 0.833. The number of nitrogens with zero attached hydrogens (tertiary/aromatic N) is 1. The first-order valence-corrected chi connectivity index (χ1v) is 7.95. The molecular formula is C18H25BN2O4. The molecule has 25 heavy (non-hydrogen) atoms. The van der Waals surface area contributed by atoms with Crippen LogP contribution in [0.1, 0.15) is 12.0 Å². The van der Waals surface area contributed by atoms with Gasteiger partial charge < -0.3 is 19.7 Å². The Morgan fingerprint density at radius 2 is 2.00 bits per heavy atom. The molecule has 6 nitrogen and oxygen atoms in total. The Kier molecular flexibility index (Phi) is 8.33. The van der Waals surface area contributed by atoms with Gasteiger partial charge in [0.1, 0.15) is 17.5 Å². The van der Waals surface area contributed by atoms with Crippen LogP contribution in [0.3, 0.4) is 0 Å². The van der Waals surface area contributed by atoms with Crippen molar-refractivity contribution in [3.63, 3.8) is 0 Å². The number of ether oxygens (including phenoxy) is 2. The Bertz CT molecular complexity index is 634. The normalized spacial score (nSPS) is 11.1. The number of carbonyl (C=O) groups is 2. The molecule has 0 saturated heterocycles. The first-order valence-electron chi connectivity index (χ1n) is 7.95. The second-order valence-corrected chi connectivity index (χ2v) is 5.46. The number of carbonyl (C=O) groups excluding carboxylic acids is 2. The average molecular weight is 344 g/mol. The molecule has 0 spiro atoms. The fraction of sp³-hybridized carbons (Fsp3) is 0.333. The minimum absolute atomic E-state index is 0.201. The number of benzene rings is 1. The summed E-state index contributed by atoms with van der Waals surface area (Å²) in [4.78, 5) is 25.8. The van der Waals surface area contributed by atoms with Crippen LogP contribution in [-0.4, -0.2) is 51.3 Å². The predicted molar refractivity (Wildman–Crippen MR) is 101 cm³/mol. The topological polar surface area (TPSA) is 67.9 Å². The van der Waals surface area contributed by atoms with Gasteiger partial charge in [-0.05, 0) is 18.6 Å². The maximum Gasteiger partial charge on any atom is 0.246 e. The molecule has 1 N–H and O–H groups in total. The van der Waals surface area contributed by atoms with E-state index in [9.17, 15) is 9.59 Å². The van der Waals surface area contributed by atoms with Crippen LogP contribution in [0.5, 0.6) is 11.5 Å². The van der Waals surface area contributed by atoms with Crippen LogP contribution in [0.4, 0.5) is 4.79 Å². The third-order valence-electron chi connectivity index (χ3n) is 3.59. The molecule has 1 aromatic rings. The molecule has 0 fully saturated rings. The van der Waals surface area contributed by atoms with E-state index in [0.717, 1.165) is 5.56 Å². The standard InChI is InChI=1S/C18H25BN2O4/c1-5-7-15(20-18(19)23)17(22)21(10-6-2)12-13-8-9-14(24-3)11-16(13)25-4/h5-6,8-9,11,15H,1-2,7,10,12,19H2,3-4H3,(H,20,23). The number of nitrogens with one attached hydrogen (secondary N) is 1. The predicted octanol–water partition coefficient (Wildman–Crippen LogP) is 1.51. The van der Waals surface area contributed by atoms with E-state index in [4.69, 9.17) is 9.47 Å². The summed E-state index contributed by atoms with van der Waals surface area (Å²) in [6.45, 7) is 8.03. The maximum atomic E-state index is 12.8. The molecule has 0 aliphatic heterocycles. The fourth-order valence-corrected chi connectivity index (χ4v) is 2.43. The zero-order valence-electron chi connectivity index (χ0n) is 15.1. The van der Waals surface area contributed by atoms with Gasteiger partial charge in [-0.1, -0.05) is 12.2 Å². The SMILES string of the molecule is BC(=O)NC(CC=C)C(=O)N(CC=C)Cc1ccc(OC)cc1OC. The molecule has 0 aliphatic rings. The summed E-state index contributed by atoms with van der Waals surface area (Å²) in [6, 6.07) is 4.77. The highest BCUT2D eigenvalue weighted by Gasteiger charge is 2.24. The summed E-state index contributed by atoms with van der Waals surface area (Å²) in [5.41, 5.74) is 0.832. The van der Waals surface area contributed by atoms with Crippen LogP contribution in [0.2, 0.25) is 0 Å². The van der Waals surface area contributed by atoms with Crippen LogP contribution in [0.25, 0.3) is 0 Å². The minimum Gasteiger partial charge on any atom is -0.497 e. The molecule has 0 heterocycles. The summed E-state index contributed by atoms with van der Waals surface area (Å²) in [6.07, 6.45) is 3.61. The second kappa shape index (κ2) is 10.2. The van der Waals surface area contributed by atoms with E-state index >= 15 is 0 Å². The summed E-state index contributed by atoms with van der Waals surface area (Å²) >= 11 is 0. The molecular weight excluding hydrogens is 319 g/mol. The Hall–Kier alpha value is -2.70. The minimum atomic E-state index is -0.654. The van der Waals surface area contributed by atoms with Gasteiger partial charge in [-0.15, -0.1) is 13.2 Å². The molecule has 1 rings (SSSR count). The smallest absolute Gasteiger partial charge is 0.246 e. The summed E-state index contributed by atoms with van der Waals surface area (Å²) in [7, 11) is 4.53. The van der Waals surface area contributed by atoms with Gasteiger partial charge in [0.15, 0.2) is 5.81 Å². The van der Waals surface area contributed by atoms with Crippen molar-refractivity contribution in [1.29, 1.82) is 0 Å². The van der Waals surface area contributed by atoms with Crippen molar-refractivity contribution in [2.24, 2.45) is 0 Å². The molecule has 0 bridgehead atoms. The highest BCUT2D eigenvalue weighted by molar-refractivity contribution is 6.57. The Morgan fingerprint density at radius 3 is 2.52 bits per heavy atom. The van der Waals surface area contributed by atoms with Crippen molar-refractivity contribution in [2.45, 2.75) is 19.0 Å². The Labute approximate surface area is 149 Å². The van der Waals surface area contributed by atoms with Gasteiger partial charge in [0, 0.05) is 24.7 Å². The van der Waals surface area contributed by atoms with E-state index in [1.54, 1.807) is 37.3 Å². The molecule has 0 aromatic heterocycles. The van der Waals surface area contributed by atoms with Crippen LogP contribution >= 0.6 is 0 Å². The van der Waals surface area contributed by atoms with Crippen molar-refractivity contribution in [3.05, 3.63) is 49.1 Å². The highest BCUT2D eigenvalue weighted by Crippen LogP contribution is 2.26. The third-order valence-corrected chi connectivity index (χ3v) is 3.59. The third kappa shape index (κ3) is 6.02. The Morgan fingerprint density at radius 1 is 1.28 bits per heavy atom. The van der Waals surface area contributed by atoms with E-state index in [-0.39, 0.29) is 11.7 Å². The molecule has 0 aliphatic carbocycles. The molecule has 1 atom stereocenters. The van der Waals surface area contributed by atoms with Crippen molar-refractivity contribution >= 4 is 19.6 Å². The Balaban J connectivity index is 3.06. The highest BCUT2D eigenvalue weighted by atomic mass is 16.5. The van der Waals surface area contributed by atoms with Crippen LogP contribution in [-0.2, 0) is 11.3 Å². The van der Waals surface area contributed by atoms with Gasteiger partial charge in [0.05, 0.1) is 14.2 Å². The lowest BCUT2D eigenvalue weighted by molar-refractivity contribution is -0.133.